The molecule has 3 rings (SSSR count). The highest BCUT2D eigenvalue weighted by atomic mass is 14.8. The standard InChI is InChI=1S/C19H25N/c1-12-10-11-15(14-9-7-6-8-13(12)14)16(20)17-18(2,3)19(17,4)5/h6-11,16-17H,20H2,1-5H3. The maximum Gasteiger partial charge on any atom is 0.0340 e. The van der Waals surface area contributed by atoms with E-state index in [1.807, 2.05) is 0 Å². The fourth-order valence-corrected chi connectivity index (χ4v) is 4.09. The van der Waals surface area contributed by atoms with Crippen molar-refractivity contribution in [2.24, 2.45) is 22.5 Å². The lowest BCUT2D eigenvalue weighted by molar-refractivity contribution is 0.457. The molecule has 1 heteroatoms. The minimum atomic E-state index is 0.116. The van der Waals surface area contributed by atoms with E-state index < -0.39 is 0 Å². The first kappa shape index (κ1) is 13.6. The van der Waals surface area contributed by atoms with Crippen molar-refractivity contribution in [2.75, 3.05) is 0 Å². The van der Waals surface area contributed by atoms with Crippen molar-refractivity contribution in [1.29, 1.82) is 0 Å². The fraction of sp³-hybridized carbons (Fsp3) is 0.474. The van der Waals surface area contributed by atoms with E-state index in [0.717, 1.165) is 0 Å². The molecule has 2 aromatic rings. The summed E-state index contributed by atoms with van der Waals surface area (Å²) in [6.45, 7) is 11.5. The van der Waals surface area contributed by atoms with E-state index in [4.69, 9.17) is 5.73 Å². The van der Waals surface area contributed by atoms with Gasteiger partial charge >= 0.3 is 0 Å². The van der Waals surface area contributed by atoms with Gasteiger partial charge in [-0.2, -0.15) is 0 Å². The molecule has 1 nitrogen and oxygen atoms in total. The lowest BCUT2D eigenvalue weighted by atomic mass is 9.91. The number of aryl methyl sites for hydroxylation is 1. The molecule has 2 aromatic carbocycles. The minimum Gasteiger partial charge on any atom is -0.324 e. The van der Waals surface area contributed by atoms with Gasteiger partial charge in [0.2, 0.25) is 0 Å². The van der Waals surface area contributed by atoms with Gasteiger partial charge in [-0.05, 0) is 45.6 Å². The monoisotopic (exact) mass is 267 g/mol. The number of nitrogens with two attached hydrogens (primary N) is 1. The summed E-state index contributed by atoms with van der Waals surface area (Å²) in [6.07, 6.45) is 0. The van der Waals surface area contributed by atoms with Gasteiger partial charge in [-0.15, -0.1) is 0 Å². The first-order valence-electron chi connectivity index (χ1n) is 7.52. The van der Waals surface area contributed by atoms with Crippen LogP contribution in [0.4, 0.5) is 0 Å². The molecule has 1 saturated carbocycles. The second-order valence-corrected chi connectivity index (χ2v) is 7.46. The molecule has 0 bridgehead atoms. The second-order valence-electron chi connectivity index (χ2n) is 7.46. The van der Waals surface area contributed by atoms with Crippen molar-refractivity contribution < 1.29 is 0 Å². The highest BCUT2D eigenvalue weighted by Crippen LogP contribution is 2.72. The molecule has 0 spiro atoms. The van der Waals surface area contributed by atoms with Crippen LogP contribution in [0.15, 0.2) is 36.4 Å². The number of hydrogen-bond donors (Lipinski definition) is 1. The van der Waals surface area contributed by atoms with Gasteiger partial charge in [-0.1, -0.05) is 64.1 Å². The number of fused-ring (bicyclic) bond motifs is 1. The molecule has 1 fully saturated rings. The smallest absolute Gasteiger partial charge is 0.0340 e. The topological polar surface area (TPSA) is 26.0 Å². The Bertz CT molecular complexity index is 653. The molecule has 0 saturated heterocycles. The van der Waals surface area contributed by atoms with Gasteiger partial charge in [0, 0.05) is 6.04 Å². The van der Waals surface area contributed by atoms with E-state index in [0.29, 0.717) is 16.7 Å². The quantitative estimate of drug-likeness (QED) is 0.828. The molecule has 2 N–H and O–H groups in total. The molecule has 0 heterocycles. The summed E-state index contributed by atoms with van der Waals surface area (Å²) in [6, 6.07) is 13.2. The van der Waals surface area contributed by atoms with Crippen LogP contribution in [0.1, 0.15) is 44.9 Å². The summed E-state index contributed by atoms with van der Waals surface area (Å²) < 4.78 is 0. The zero-order valence-corrected chi connectivity index (χ0v) is 13.2. The summed E-state index contributed by atoms with van der Waals surface area (Å²) in [5, 5.41) is 2.65. The predicted octanol–water partition coefficient (Wildman–Crippen LogP) is 4.83. The van der Waals surface area contributed by atoms with Gasteiger partial charge in [0.05, 0.1) is 0 Å². The van der Waals surface area contributed by atoms with Crippen LogP contribution in [-0.4, -0.2) is 0 Å². The Kier molecular flexibility index (Phi) is 2.78. The van der Waals surface area contributed by atoms with Crippen LogP contribution < -0.4 is 5.73 Å². The van der Waals surface area contributed by atoms with Crippen molar-refractivity contribution in [1.82, 2.24) is 0 Å². The lowest BCUT2D eigenvalue weighted by Gasteiger charge is -2.18. The van der Waals surface area contributed by atoms with E-state index in [9.17, 15) is 0 Å². The van der Waals surface area contributed by atoms with Crippen LogP contribution in [0, 0.1) is 23.7 Å². The van der Waals surface area contributed by atoms with Crippen molar-refractivity contribution >= 4 is 10.8 Å². The SMILES string of the molecule is Cc1ccc(C(N)C2C(C)(C)C2(C)C)c2ccccc12. The lowest BCUT2D eigenvalue weighted by Crippen LogP contribution is -2.17. The number of rotatable bonds is 2. The Hall–Kier alpha value is -1.34. The Morgan fingerprint density at radius 3 is 2.00 bits per heavy atom. The Labute approximate surface area is 122 Å². The third kappa shape index (κ3) is 1.66. The molecule has 1 aliphatic rings. The summed E-state index contributed by atoms with van der Waals surface area (Å²) in [5.74, 6) is 0.543. The third-order valence-electron chi connectivity index (χ3n) is 6.03. The highest BCUT2D eigenvalue weighted by Gasteiger charge is 2.66. The van der Waals surface area contributed by atoms with Crippen LogP contribution >= 0.6 is 0 Å². The molecule has 0 aliphatic heterocycles. The van der Waals surface area contributed by atoms with Crippen molar-refractivity contribution in [3.63, 3.8) is 0 Å². The van der Waals surface area contributed by atoms with Crippen LogP contribution in [-0.2, 0) is 0 Å². The number of benzene rings is 2. The normalized spacial score (nSPS) is 21.9. The fourth-order valence-electron chi connectivity index (χ4n) is 4.09. The number of hydrogen-bond acceptors (Lipinski definition) is 1. The molecule has 1 aliphatic carbocycles. The second kappa shape index (κ2) is 4.08. The van der Waals surface area contributed by atoms with Crippen LogP contribution in [0.2, 0.25) is 0 Å². The van der Waals surface area contributed by atoms with Crippen LogP contribution in [0.5, 0.6) is 0 Å². The maximum absolute atomic E-state index is 6.67. The molecule has 1 atom stereocenters. The molecule has 0 aromatic heterocycles. The molecular formula is C19H25N. The molecule has 20 heavy (non-hydrogen) atoms. The van der Waals surface area contributed by atoms with Gasteiger partial charge < -0.3 is 5.73 Å². The van der Waals surface area contributed by atoms with Gasteiger partial charge in [-0.25, -0.2) is 0 Å². The summed E-state index contributed by atoms with van der Waals surface area (Å²) in [5.41, 5.74) is 9.93. The average molecular weight is 267 g/mol. The van der Waals surface area contributed by atoms with Gasteiger partial charge in [0.25, 0.3) is 0 Å². The van der Waals surface area contributed by atoms with Crippen LogP contribution in [0.25, 0.3) is 10.8 Å². The zero-order chi connectivity index (χ0) is 14.7. The largest absolute Gasteiger partial charge is 0.324 e. The van der Waals surface area contributed by atoms with E-state index in [-0.39, 0.29) is 6.04 Å². The minimum absolute atomic E-state index is 0.116. The van der Waals surface area contributed by atoms with Gasteiger partial charge in [0.15, 0.2) is 0 Å². The molecule has 0 amide bonds. The van der Waals surface area contributed by atoms with Crippen LogP contribution in [0.3, 0.4) is 0 Å². The Morgan fingerprint density at radius 1 is 0.900 bits per heavy atom. The Balaban J connectivity index is 2.11. The Morgan fingerprint density at radius 2 is 1.45 bits per heavy atom. The van der Waals surface area contributed by atoms with E-state index >= 15 is 0 Å². The van der Waals surface area contributed by atoms with Crippen molar-refractivity contribution in [2.45, 2.75) is 40.7 Å². The first-order valence-corrected chi connectivity index (χ1v) is 7.52. The molecule has 106 valence electrons. The van der Waals surface area contributed by atoms with E-state index in [1.54, 1.807) is 0 Å². The summed E-state index contributed by atoms with van der Waals surface area (Å²) in [7, 11) is 0. The maximum atomic E-state index is 6.67. The van der Waals surface area contributed by atoms with Gasteiger partial charge in [0.1, 0.15) is 0 Å². The molecule has 0 radical (unpaired) electrons. The van der Waals surface area contributed by atoms with Gasteiger partial charge in [-0.3, -0.25) is 0 Å². The highest BCUT2D eigenvalue weighted by molar-refractivity contribution is 5.89. The van der Waals surface area contributed by atoms with Crippen molar-refractivity contribution in [3.05, 3.63) is 47.5 Å². The summed E-state index contributed by atoms with van der Waals surface area (Å²) in [4.78, 5) is 0. The summed E-state index contributed by atoms with van der Waals surface area (Å²) >= 11 is 0. The average Bonchev–Trinajstić information content (AvgIpc) is 2.80. The van der Waals surface area contributed by atoms with E-state index in [2.05, 4.69) is 71.0 Å². The molecule has 1 unspecified atom stereocenters. The van der Waals surface area contributed by atoms with Crippen molar-refractivity contribution in [3.8, 4) is 0 Å². The third-order valence-corrected chi connectivity index (χ3v) is 6.03. The van der Waals surface area contributed by atoms with E-state index in [1.165, 1.54) is 21.9 Å². The zero-order valence-electron chi connectivity index (χ0n) is 13.2. The predicted molar refractivity (Wildman–Crippen MR) is 86.7 cm³/mol. The first-order chi connectivity index (χ1) is 9.28. The molecular weight excluding hydrogens is 242 g/mol.